The first-order valence-electron chi connectivity index (χ1n) is 10.2. The second-order valence-corrected chi connectivity index (χ2v) is 7.25. The topological polar surface area (TPSA) is 68.8 Å². The van der Waals surface area contributed by atoms with Gasteiger partial charge in [-0.2, -0.15) is 0 Å². The number of anilines is 1. The average molecular weight is 374 g/mol. The molecule has 1 saturated heterocycles. The predicted octanol–water partition coefficient (Wildman–Crippen LogP) is 2.82. The first-order chi connectivity index (χ1) is 13.1. The molecule has 1 fully saturated rings. The third kappa shape index (κ3) is 7.59. The molecule has 0 bridgehead atoms. The van der Waals surface area contributed by atoms with Crippen LogP contribution >= 0.6 is 0 Å². The van der Waals surface area contributed by atoms with Crippen molar-refractivity contribution in [1.29, 1.82) is 0 Å². The minimum absolute atomic E-state index is 0.0229. The average Bonchev–Trinajstić information content (AvgIpc) is 2.71. The summed E-state index contributed by atoms with van der Waals surface area (Å²) in [5.74, 6) is 0.897. The molecule has 27 heavy (non-hydrogen) atoms. The molecule has 1 aromatic carbocycles. The highest BCUT2D eigenvalue weighted by Crippen LogP contribution is 2.13. The Morgan fingerprint density at radius 3 is 2.70 bits per heavy atom. The largest absolute Gasteiger partial charge is 0.355 e. The smallest absolute Gasteiger partial charge is 0.227 e. The third-order valence-corrected chi connectivity index (χ3v) is 5.11. The second-order valence-electron chi connectivity index (χ2n) is 7.25. The number of likely N-dealkylation sites (tertiary alicyclic amines) is 1. The zero-order chi connectivity index (χ0) is 19.5. The van der Waals surface area contributed by atoms with Crippen LogP contribution in [-0.2, 0) is 11.3 Å². The number of guanidine groups is 1. The minimum Gasteiger partial charge on any atom is -0.355 e. The Balaban J connectivity index is 1.76. The predicted molar refractivity (Wildman–Crippen MR) is 113 cm³/mol. The van der Waals surface area contributed by atoms with Gasteiger partial charge in [-0.05, 0) is 50.0 Å². The summed E-state index contributed by atoms with van der Waals surface area (Å²) < 4.78 is 0. The van der Waals surface area contributed by atoms with Crippen LogP contribution in [0.3, 0.4) is 0 Å². The molecular formula is C21H35N5O. The van der Waals surface area contributed by atoms with Crippen LogP contribution in [0.1, 0.15) is 45.1 Å². The molecule has 6 heteroatoms. The first-order valence-corrected chi connectivity index (χ1v) is 10.2. The molecule has 1 unspecified atom stereocenters. The first kappa shape index (κ1) is 21.2. The van der Waals surface area contributed by atoms with E-state index in [4.69, 9.17) is 0 Å². The number of nitrogens with zero attached hydrogens (tertiary/aromatic N) is 2. The molecule has 0 aliphatic carbocycles. The molecule has 1 heterocycles. The molecular weight excluding hydrogens is 338 g/mol. The monoisotopic (exact) mass is 373 g/mol. The quantitative estimate of drug-likeness (QED) is 0.484. The van der Waals surface area contributed by atoms with Crippen LogP contribution in [0.15, 0.2) is 29.3 Å². The lowest BCUT2D eigenvalue weighted by Crippen LogP contribution is -2.42. The highest BCUT2D eigenvalue weighted by molar-refractivity contribution is 5.92. The Morgan fingerprint density at radius 2 is 2.00 bits per heavy atom. The molecule has 150 valence electrons. The minimum atomic E-state index is 0.0229. The SMILES string of the molecule is CCC(C)C(=O)Nc1cccc(CNC(=NC)NCCN2CCCCC2)c1. The fourth-order valence-electron chi connectivity index (χ4n) is 3.13. The van der Waals surface area contributed by atoms with Crippen molar-refractivity contribution in [1.82, 2.24) is 15.5 Å². The molecule has 1 atom stereocenters. The Bertz CT molecular complexity index is 610. The van der Waals surface area contributed by atoms with Gasteiger partial charge in [0.2, 0.25) is 5.91 Å². The van der Waals surface area contributed by atoms with Gasteiger partial charge in [-0.3, -0.25) is 9.79 Å². The molecule has 0 aromatic heterocycles. The van der Waals surface area contributed by atoms with Crippen molar-refractivity contribution in [2.24, 2.45) is 10.9 Å². The standard InChI is InChI=1S/C21H35N5O/c1-4-17(2)20(27)25-19-10-8-9-18(15-19)16-24-21(22-3)23-11-14-26-12-6-5-7-13-26/h8-10,15,17H,4-7,11-14,16H2,1-3H3,(H,25,27)(H2,22,23,24). The Morgan fingerprint density at radius 1 is 1.22 bits per heavy atom. The van der Waals surface area contributed by atoms with Crippen molar-refractivity contribution in [2.45, 2.75) is 46.1 Å². The molecule has 1 amide bonds. The maximum atomic E-state index is 12.1. The van der Waals surface area contributed by atoms with Crippen LogP contribution < -0.4 is 16.0 Å². The number of benzene rings is 1. The van der Waals surface area contributed by atoms with E-state index in [0.29, 0.717) is 6.54 Å². The van der Waals surface area contributed by atoms with E-state index in [-0.39, 0.29) is 11.8 Å². The Labute approximate surface area is 163 Å². The van der Waals surface area contributed by atoms with Gasteiger partial charge in [0.05, 0.1) is 0 Å². The summed E-state index contributed by atoms with van der Waals surface area (Å²) in [5, 5.41) is 9.72. The van der Waals surface area contributed by atoms with Crippen molar-refractivity contribution >= 4 is 17.6 Å². The van der Waals surface area contributed by atoms with E-state index >= 15 is 0 Å². The van der Waals surface area contributed by atoms with Crippen LogP contribution in [0.5, 0.6) is 0 Å². The number of aliphatic imine (C=N–C) groups is 1. The molecule has 1 aliphatic rings. The summed E-state index contributed by atoms with van der Waals surface area (Å²) in [4.78, 5) is 18.9. The van der Waals surface area contributed by atoms with Crippen LogP contribution in [0, 0.1) is 5.92 Å². The van der Waals surface area contributed by atoms with Crippen molar-refractivity contribution in [3.8, 4) is 0 Å². The van der Waals surface area contributed by atoms with Crippen LogP contribution in [0.25, 0.3) is 0 Å². The summed E-state index contributed by atoms with van der Waals surface area (Å²) >= 11 is 0. The van der Waals surface area contributed by atoms with E-state index < -0.39 is 0 Å². The number of hydrogen-bond donors (Lipinski definition) is 3. The maximum absolute atomic E-state index is 12.1. The van der Waals surface area contributed by atoms with Crippen LogP contribution in [-0.4, -0.2) is 50.0 Å². The zero-order valence-electron chi connectivity index (χ0n) is 17.1. The van der Waals surface area contributed by atoms with Gasteiger partial charge < -0.3 is 20.9 Å². The molecule has 0 spiro atoms. The number of carbonyl (C=O) groups excluding carboxylic acids is 1. The number of hydrogen-bond acceptors (Lipinski definition) is 3. The van der Waals surface area contributed by atoms with Gasteiger partial charge in [0.15, 0.2) is 5.96 Å². The molecule has 0 saturated carbocycles. The van der Waals surface area contributed by atoms with E-state index in [2.05, 4.69) is 25.8 Å². The zero-order valence-corrected chi connectivity index (χ0v) is 17.1. The van der Waals surface area contributed by atoms with Gasteiger partial charge in [0, 0.05) is 38.3 Å². The normalized spacial score (nSPS) is 16.6. The Kier molecular flexibility index (Phi) is 9.11. The van der Waals surface area contributed by atoms with Crippen molar-refractivity contribution in [2.75, 3.05) is 38.5 Å². The number of nitrogens with one attached hydrogen (secondary N) is 3. The van der Waals surface area contributed by atoms with Gasteiger partial charge in [-0.1, -0.05) is 32.4 Å². The summed E-state index contributed by atoms with van der Waals surface area (Å²) in [6.07, 6.45) is 4.84. The van der Waals surface area contributed by atoms with E-state index in [1.165, 1.54) is 32.4 Å². The van der Waals surface area contributed by atoms with E-state index in [1.54, 1.807) is 7.05 Å². The van der Waals surface area contributed by atoms with Gasteiger partial charge in [-0.25, -0.2) is 0 Å². The van der Waals surface area contributed by atoms with Crippen molar-refractivity contribution in [3.05, 3.63) is 29.8 Å². The lowest BCUT2D eigenvalue weighted by Gasteiger charge is -2.26. The summed E-state index contributed by atoms with van der Waals surface area (Å²) in [6, 6.07) is 7.95. The lowest BCUT2D eigenvalue weighted by molar-refractivity contribution is -0.119. The third-order valence-electron chi connectivity index (χ3n) is 5.11. The van der Waals surface area contributed by atoms with Crippen molar-refractivity contribution < 1.29 is 4.79 Å². The van der Waals surface area contributed by atoms with Gasteiger partial charge in [0.1, 0.15) is 0 Å². The van der Waals surface area contributed by atoms with Crippen LogP contribution in [0.4, 0.5) is 5.69 Å². The van der Waals surface area contributed by atoms with Gasteiger partial charge in [-0.15, -0.1) is 0 Å². The second kappa shape index (κ2) is 11.6. The number of carbonyl (C=O) groups is 1. The summed E-state index contributed by atoms with van der Waals surface area (Å²) in [5.41, 5.74) is 1.95. The van der Waals surface area contributed by atoms with E-state index in [1.807, 2.05) is 38.1 Å². The van der Waals surface area contributed by atoms with E-state index in [9.17, 15) is 4.79 Å². The fraction of sp³-hybridized carbons (Fsp3) is 0.619. The number of rotatable bonds is 8. The molecule has 3 N–H and O–H groups in total. The molecule has 1 aromatic rings. The molecule has 1 aliphatic heterocycles. The van der Waals surface area contributed by atoms with Crippen LogP contribution in [0.2, 0.25) is 0 Å². The summed E-state index contributed by atoms with van der Waals surface area (Å²) in [7, 11) is 1.79. The van der Waals surface area contributed by atoms with Gasteiger partial charge >= 0.3 is 0 Å². The lowest BCUT2D eigenvalue weighted by atomic mass is 10.1. The molecule has 2 rings (SSSR count). The highest BCUT2D eigenvalue weighted by atomic mass is 16.1. The maximum Gasteiger partial charge on any atom is 0.227 e. The number of amides is 1. The Hall–Kier alpha value is -2.08. The number of piperidine rings is 1. The summed E-state index contributed by atoms with van der Waals surface area (Å²) in [6.45, 7) is 9.00. The van der Waals surface area contributed by atoms with Gasteiger partial charge in [0.25, 0.3) is 0 Å². The van der Waals surface area contributed by atoms with E-state index in [0.717, 1.165) is 36.7 Å². The van der Waals surface area contributed by atoms with Crippen molar-refractivity contribution in [3.63, 3.8) is 0 Å². The molecule has 0 radical (unpaired) electrons. The highest BCUT2D eigenvalue weighted by Gasteiger charge is 2.11. The fourth-order valence-corrected chi connectivity index (χ4v) is 3.13. The molecule has 6 nitrogen and oxygen atoms in total.